The van der Waals surface area contributed by atoms with Gasteiger partial charge in [-0.2, -0.15) is 5.10 Å². The number of carbonyl (C=O) groups excluding carboxylic acids is 2. The molecule has 8 rings (SSSR count). The summed E-state index contributed by atoms with van der Waals surface area (Å²) in [5, 5.41) is 4.39. The highest BCUT2D eigenvalue weighted by Gasteiger charge is 2.44. The molecule has 3 aliphatic heterocycles. The first-order valence-corrected chi connectivity index (χ1v) is 20.8. The van der Waals surface area contributed by atoms with Crippen LogP contribution in [0.5, 0.6) is 5.75 Å². The Kier molecular flexibility index (Phi) is 9.93. The van der Waals surface area contributed by atoms with Gasteiger partial charge in [0.2, 0.25) is 0 Å². The van der Waals surface area contributed by atoms with Gasteiger partial charge in [0.05, 0.1) is 54.7 Å². The lowest BCUT2D eigenvalue weighted by molar-refractivity contribution is -0.0286. The van der Waals surface area contributed by atoms with E-state index in [9.17, 15) is 13.8 Å². The summed E-state index contributed by atoms with van der Waals surface area (Å²) in [6.07, 6.45) is 12.9. The van der Waals surface area contributed by atoms with E-state index in [-0.39, 0.29) is 34.6 Å². The Bertz CT molecular complexity index is 2060. The van der Waals surface area contributed by atoms with Gasteiger partial charge in [0, 0.05) is 42.4 Å². The van der Waals surface area contributed by atoms with E-state index in [0.717, 1.165) is 49.4 Å². The quantitative estimate of drug-likeness (QED) is 0.297. The van der Waals surface area contributed by atoms with E-state index in [4.69, 9.17) is 25.8 Å². The predicted molar refractivity (Wildman–Crippen MR) is 204 cm³/mol. The Balaban J connectivity index is 1.19. The van der Waals surface area contributed by atoms with Crippen molar-refractivity contribution in [2.45, 2.75) is 75.2 Å². The number of aryl methyl sites for hydroxylation is 1. The highest BCUT2D eigenvalue weighted by atomic mass is 35.5. The van der Waals surface area contributed by atoms with Crippen molar-refractivity contribution < 1.29 is 28.0 Å². The van der Waals surface area contributed by atoms with Crippen molar-refractivity contribution in [3.05, 3.63) is 88.2 Å². The second-order valence-electron chi connectivity index (χ2n) is 15.6. The van der Waals surface area contributed by atoms with Crippen molar-refractivity contribution in [2.75, 3.05) is 44.9 Å². The molecule has 5 aliphatic rings. The summed E-state index contributed by atoms with van der Waals surface area (Å²) in [5.74, 6) is -0.0334. The molecule has 1 spiro atoms. The third kappa shape index (κ3) is 6.92. The Morgan fingerprint density at radius 1 is 1.15 bits per heavy atom. The van der Waals surface area contributed by atoms with Gasteiger partial charge in [-0.25, -0.2) is 4.21 Å². The summed E-state index contributed by atoms with van der Waals surface area (Å²) < 4.78 is 41.7. The lowest BCUT2D eigenvalue weighted by Gasteiger charge is -2.46. The molecule has 2 bridgehead atoms. The smallest absolute Gasteiger partial charge is 0.286 e. The monoisotopic (exact) mass is 761 g/mol. The van der Waals surface area contributed by atoms with E-state index in [1.165, 1.54) is 17.3 Å². The number of rotatable bonds is 4. The first kappa shape index (κ1) is 36.3. The lowest BCUT2D eigenvalue weighted by atomic mass is 9.68. The van der Waals surface area contributed by atoms with E-state index in [0.29, 0.717) is 50.4 Å². The van der Waals surface area contributed by atoms with Gasteiger partial charge in [0.1, 0.15) is 15.7 Å². The molecule has 4 heterocycles. The number of benzene rings is 2. The fourth-order valence-corrected chi connectivity index (χ4v) is 10.8. The fraction of sp³-hybridized carbons (Fsp3) is 0.525. The second-order valence-corrected chi connectivity index (χ2v) is 18.3. The van der Waals surface area contributed by atoms with E-state index >= 15 is 0 Å². The van der Waals surface area contributed by atoms with Crippen LogP contribution < -0.4 is 14.4 Å². The van der Waals surface area contributed by atoms with Gasteiger partial charge in [0.25, 0.3) is 11.8 Å². The van der Waals surface area contributed by atoms with Crippen molar-refractivity contribution in [2.24, 2.45) is 22.1 Å². The molecule has 1 saturated carbocycles. The molecule has 1 aromatic heterocycles. The number of hydrogen-bond donors (Lipinski definition) is 1. The van der Waals surface area contributed by atoms with Crippen LogP contribution in [0.2, 0.25) is 5.02 Å². The van der Waals surface area contributed by atoms with Crippen molar-refractivity contribution in [1.29, 1.82) is 0 Å². The number of halogens is 1. The van der Waals surface area contributed by atoms with E-state index < -0.39 is 27.0 Å². The van der Waals surface area contributed by atoms with Crippen LogP contribution in [0.25, 0.3) is 0 Å². The van der Waals surface area contributed by atoms with E-state index in [2.05, 4.69) is 43.4 Å². The summed E-state index contributed by atoms with van der Waals surface area (Å²) in [7, 11) is -1.86. The zero-order valence-electron chi connectivity index (χ0n) is 30.5. The van der Waals surface area contributed by atoms with Crippen LogP contribution in [0.4, 0.5) is 5.69 Å². The van der Waals surface area contributed by atoms with Crippen molar-refractivity contribution >= 4 is 39.0 Å². The Hall–Kier alpha value is -3.71. The van der Waals surface area contributed by atoms with Gasteiger partial charge < -0.3 is 19.1 Å². The van der Waals surface area contributed by atoms with Crippen LogP contribution >= 0.6 is 11.6 Å². The van der Waals surface area contributed by atoms with Gasteiger partial charge in [-0.3, -0.25) is 19.0 Å². The zero-order valence-corrected chi connectivity index (χ0v) is 32.1. The third-order valence-corrected chi connectivity index (χ3v) is 15.0. The number of ether oxygens (including phenoxy) is 3. The first-order chi connectivity index (χ1) is 25.6. The van der Waals surface area contributed by atoms with E-state index in [1.54, 1.807) is 31.0 Å². The zero-order chi connectivity index (χ0) is 36.9. The van der Waals surface area contributed by atoms with Crippen LogP contribution in [0, 0.1) is 17.8 Å². The molecule has 11 nitrogen and oxygen atoms in total. The maximum absolute atomic E-state index is 14.9. The predicted octanol–water partition coefficient (Wildman–Crippen LogP) is 6.56. The number of aromatic nitrogens is 2. The number of nitrogens with zero attached hydrogens (tertiary/aromatic N) is 4. The molecule has 3 aromatic rings. The molecule has 7 atom stereocenters. The minimum atomic E-state index is -3.63. The molecule has 1 saturated heterocycles. The topological polar surface area (TPSA) is 124 Å². The van der Waals surface area contributed by atoms with Gasteiger partial charge in [-0.1, -0.05) is 36.7 Å². The maximum Gasteiger partial charge on any atom is 0.286 e. The molecule has 2 aromatic carbocycles. The lowest BCUT2D eigenvalue weighted by Crippen LogP contribution is -2.49. The standard InChI is InChI=1S/C40H48ClN5O6S/c1-25-6-4-8-36(50-3)33-12-9-29(33)19-45-23-40(15-5-7-27-16-31(41)11-13-34(27)40)24-52-37-14-10-28(17-35(37)45)38(47)43-53(49,26(25)2)44-39(48)30-18-42-46(20-30)32-21-51-22-32/h4,8,10-11,13-14,16-18,20,25-26,29,32-33,36H,5-7,9,12,15,19,21-24H2,1-3H3,(H,43,44,47,48,49)/b8-4+. The van der Waals surface area contributed by atoms with Crippen LogP contribution in [-0.2, 0) is 31.2 Å². The highest BCUT2D eigenvalue weighted by Crippen LogP contribution is 2.47. The van der Waals surface area contributed by atoms with Gasteiger partial charge >= 0.3 is 0 Å². The molecule has 13 heteroatoms. The average molecular weight is 762 g/mol. The molecule has 2 amide bonds. The van der Waals surface area contributed by atoms with Crippen LogP contribution in [0.3, 0.4) is 0 Å². The molecule has 0 radical (unpaired) electrons. The van der Waals surface area contributed by atoms with Crippen molar-refractivity contribution in [3.8, 4) is 5.75 Å². The summed E-state index contributed by atoms with van der Waals surface area (Å²) in [6, 6.07) is 11.6. The average Bonchev–Trinajstić information content (AvgIpc) is 3.53. The van der Waals surface area contributed by atoms with Crippen molar-refractivity contribution in [3.63, 3.8) is 0 Å². The number of carbonyl (C=O) groups is 2. The minimum Gasteiger partial charge on any atom is -0.490 e. The summed E-state index contributed by atoms with van der Waals surface area (Å²) in [4.78, 5) is 30.2. The summed E-state index contributed by atoms with van der Waals surface area (Å²) >= 11 is 6.47. The van der Waals surface area contributed by atoms with Gasteiger partial charge in [-0.15, -0.1) is 4.36 Å². The molecule has 53 heavy (non-hydrogen) atoms. The molecule has 2 aliphatic carbocycles. The second kappa shape index (κ2) is 14.5. The minimum absolute atomic E-state index is 0.0499. The van der Waals surface area contributed by atoms with Crippen LogP contribution in [0.1, 0.15) is 83.8 Å². The third-order valence-electron chi connectivity index (χ3n) is 12.4. The maximum atomic E-state index is 14.9. The summed E-state index contributed by atoms with van der Waals surface area (Å²) in [6.45, 7) is 6.77. The number of amides is 2. The number of anilines is 1. The molecule has 1 N–H and O–H groups in total. The largest absolute Gasteiger partial charge is 0.490 e. The molecular weight excluding hydrogens is 714 g/mol. The Morgan fingerprint density at radius 3 is 2.75 bits per heavy atom. The van der Waals surface area contributed by atoms with Crippen molar-refractivity contribution in [1.82, 2.24) is 14.5 Å². The van der Waals surface area contributed by atoms with Gasteiger partial charge in [0.15, 0.2) is 0 Å². The highest BCUT2D eigenvalue weighted by molar-refractivity contribution is 7.93. The SMILES string of the molecule is COC1/C=C/CC(C)C(C)S(=O)(NC(=O)c2cnn(C3COC3)c2)=NC(=O)c2ccc3c(c2)N(CC2CCC21)CC1(CCCc2cc(Cl)ccc21)CO3. The number of nitrogens with one attached hydrogen (secondary N) is 1. The molecule has 2 fully saturated rings. The van der Waals surface area contributed by atoms with Crippen LogP contribution in [-0.4, -0.2) is 77.2 Å². The van der Waals surface area contributed by atoms with E-state index in [1.807, 2.05) is 25.1 Å². The first-order valence-electron chi connectivity index (χ1n) is 18.8. The number of fused-ring (bicyclic) bond motifs is 4. The summed E-state index contributed by atoms with van der Waals surface area (Å²) in [5.41, 5.74) is 3.61. The normalized spacial score (nSPS) is 32.2. The van der Waals surface area contributed by atoms with Gasteiger partial charge in [-0.05, 0) is 105 Å². The molecular formula is C40H48ClN5O6S. The number of hydrogen-bond acceptors (Lipinski definition) is 8. The molecule has 7 unspecified atom stereocenters. The Morgan fingerprint density at radius 2 is 2.00 bits per heavy atom. The Labute approximate surface area is 316 Å². The van der Waals surface area contributed by atoms with Crippen LogP contribution in [0.15, 0.2) is 65.3 Å². The number of allylic oxidation sites excluding steroid dienone is 1. The number of methoxy groups -OCH3 is 1. The fourth-order valence-electron chi connectivity index (χ4n) is 8.71. The molecule has 282 valence electrons.